The standard InChI is InChI=1S/C8H20O7P2/c1-3-5-14-17(13,15-6-4-2)8(7-9)16(10,11)12/h8-9H,3-7H2,1-2H3,(H2,10,11,12). The molecule has 0 bridgehead atoms. The average molecular weight is 290 g/mol. The summed E-state index contributed by atoms with van der Waals surface area (Å²) < 4.78 is 33.2. The minimum Gasteiger partial charge on any atom is -0.395 e. The van der Waals surface area contributed by atoms with Crippen molar-refractivity contribution in [3.05, 3.63) is 0 Å². The Bertz CT molecular complexity index is 288. The summed E-state index contributed by atoms with van der Waals surface area (Å²) in [6.45, 7) is 2.68. The summed E-state index contributed by atoms with van der Waals surface area (Å²) in [7, 11) is -8.74. The second-order valence-corrected chi connectivity index (χ2v) is 7.89. The highest BCUT2D eigenvalue weighted by Gasteiger charge is 2.47. The van der Waals surface area contributed by atoms with Crippen LogP contribution >= 0.6 is 15.2 Å². The average Bonchev–Trinajstić information content (AvgIpc) is 2.22. The molecule has 0 amide bonds. The minimum absolute atomic E-state index is 0.0531. The van der Waals surface area contributed by atoms with Gasteiger partial charge in [0.15, 0.2) is 5.40 Å². The fraction of sp³-hybridized carbons (Fsp3) is 1.00. The lowest BCUT2D eigenvalue weighted by Gasteiger charge is -2.25. The summed E-state index contributed by atoms with van der Waals surface area (Å²) >= 11 is 0. The van der Waals surface area contributed by atoms with Crippen LogP contribution in [0, 0.1) is 0 Å². The smallest absolute Gasteiger partial charge is 0.348 e. The maximum Gasteiger partial charge on any atom is 0.348 e. The van der Waals surface area contributed by atoms with E-state index in [1.165, 1.54) is 0 Å². The van der Waals surface area contributed by atoms with Crippen LogP contribution in [0.15, 0.2) is 0 Å². The molecule has 0 aromatic carbocycles. The van der Waals surface area contributed by atoms with Crippen LogP contribution in [0.5, 0.6) is 0 Å². The molecule has 1 atom stereocenters. The highest BCUT2D eigenvalue weighted by molar-refractivity contribution is 7.71. The van der Waals surface area contributed by atoms with E-state index in [0.717, 1.165) is 0 Å². The highest BCUT2D eigenvalue weighted by atomic mass is 31.2. The molecular formula is C8H20O7P2. The summed E-state index contributed by atoms with van der Waals surface area (Å²) in [5.74, 6) is 0. The third-order valence-electron chi connectivity index (χ3n) is 1.87. The predicted molar refractivity (Wildman–Crippen MR) is 63.0 cm³/mol. The zero-order valence-electron chi connectivity index (χ0n) is 9.98. The van der Waals surface area contributed by atoms with E-state index in [1.54, 1.807) is 13.8 Å². The van der Waals surface area contributed by atoms with E-state index in [-0.39, 0.29) is 13.2 Å². The molecule has 0 aliphatic rings. The molecule has 0 radical (unpaired) electrons. The van der Waals surface area contributed by atoms with Crippen LogP contribution in [0.2, 0.25) is 0 Å². The van der Waals surface area contributed by atoms with Gasteiger partial charge in [0, 0.05) is 0 Å². The fourth-order valence-electron chi connectivity index (χ4n) is 1.04. The van der Waals surface area contributed by atoms with Gasteiger partial charge in [0.05, 0.1) is 19.8 Å². The maximum atomic E-state index is 12.2. The van der Waals surface area contributed by atoms with Crippen LogP contribution in [-0.4, -0.2) is 40.1 Å². The predicted octanol–water partition coefficient (Wildman–Crippen LogP) is 1.53. The van der Waals surface area contributed by atoms with Crippen LogP contribution in [0.3, 0.4) is 0 Å². The Balaban J connectivity index is 4.98. The topological polar surface area (TPSA) is 113 Å². The number of aliphatic hydroxyl groups is 1. The van der Waals surface area contributed by atoms with E-state index in [0.29, 0.717) is 12.8 Å². The van der Waals surface area contributed by atoms with Gasteiger partial charge >= 0.3 is 15.2 Å². The normalized spacial score (nSPS) is 14.9. The van der Waals surface area contributed by atoms with E-state index < -0.39 is 27.2 Å². The number of rotatable bonds is 9. The Morgan fingerprint density at radius 1 is 1.06 bits per heavy atom. The lowest BCUT2D eigenvalue weighted by atomic mass is 10.5. The summed E-state index contributed by atoms with van der Waals surface area (Å²) in [6.07, 6.45) is 1.05. The summed E-state index contributed by atoms with van der Waals surface area (Å²) in [6, 6.07) is 0. The monoisotopic (exact) mass is 290 g/mol. The van der Waals surface area contributed by atoms with Crippen molar-refractivity contribution in [3.8, 4) is 0 Å². The van der Waals surface area contributed by atoms with Gasteiger partial charge < -0.3 is 23.9 Å². The molecule has 0 heterocycles. The van der Waals surface area contributed by atoms with E-state index in [4.69, 9.17) is 23.9 Å². The molecular weight excluding hydrogens is 270 g/mol. The van der Waals surface area contributed by atoms with E-state index >= 15 is 0 Å². The molecule has 0 saturated carbocycles. The first-order chi connectivity index (χ1) is 7.81. The molecule has 0 aromatic heterocycles. The van der Waals surface area contributed by atoms with Crippen LogP contribution in [0.1, 0.15) is 26.7 Å². The van der Waals surface area contributed by atoms with Crippen molar-refractivity contribution < 1.29 is 33.1 Å². The molecule has 0 aliphatic heterocycles. The van der Waals surface area contributed by atoms with Gasteiger partial charge in [-0.2, -0.15) is 0 Å². The lowest BCUT2D eigenvalue weighted by molar-refractivity contribution is 0.187. The van der Waals surface area contributed by atoms with Gasteiger partial charge in [-0.25, -0.2) is 0 Å². The van der Waals surface area contributed by atoms with Gasteiger partial charge in [0.1, 0.15) is 0 Å². The summed E-state index contributed by atoms with van der Waals surface area (Å²) in [5.41, 5.74) is 0. The zero-order valence-corrected chi connectivity index (χ0v) is 11.8. The quantitative estimate of drug-likeness (QED) is 0.552. The second kappa shape index (κ2) is 7.64. The first kappa shape index (κ1) is 17.3. The van der Waals surface area contributed by atoms with Gasteiger partial charge in [-0.05, 0) is 12.8 Å². The third-order valence-corrected chi connectivity index (χ3v) is 6.54. The van der Waals surface area contributed by atoms with Gasteiger partial charge in [-0.1, -0.05) is 13.8 Å². The van der Waals surface area contributed by atoms with Gasteiger partial charge in [-0.3, -0.25) is 9.13 Å². The van der Waals surface area contributed by atoms with E-state index in [1.807, 2.05) is 0 Å². The molecule has 17 heavy (non-hydrogen) atoms. The van der Waals surface area contributed by atoms with E-state index in [9.17, 15) is 9.13 Å². The Labute approximate surface area is 101 Å². The van der Waals surface area contributed by atoms with Crippen LogP contribution < -0.4 is 0 Å². The van der Waals surface area contributed by atoms with Crippen LogP contribution in [0.25, 0.3) is 0 Å². The van der Waals surface area contributed by atoms with E-state index in [2.05, 4.69) is 0 Å². The van der Waals surface area contributed by atoms with Crippen molar-refractivity contribution in [1.82, 2.24) is 0 Å². The lowest BCUT2D eigenvalue weighted by Crippen LogP contribution is -2.18. The largest absolute Gasteiger partial charge is 0.395 e. The number of hydrogen-bond acceptors (Lipinski definition) is 5. The molecule has 0 fully saturated rings. The molecule has 7 nitrogen and oxygen atoms in total. The first-order valence-corrected chi connectivity index (χ1v) is 8.66. The Kier molecular flexibility index (Phi) is 7.76. The Morgan fingerprint density at radius 2 is 1.47 bits per heavy atom. The molecule has 0 spiro atoms. The van der Waals surface area contributed by atoms with Crippen molar-refractivity contribution in [2.24, 2.45) is 0 Å². The van der Waals surface area contributed by atoms with Crippen molar-refractivity contribution in [1.29, 1.82) is 0 Å². The summed E-state index contributed by atoms with van der Waals surface area (Å²) in [5, 5.41) is 7.16. The Morgan fingerprint density at radius 3 is 1.71 bits per heavy atom. The molecule has 0 aliphatic carbocycles. The fourth-order valence-corrected chi connectivity index (χ4v) is 4.62. The van der Waals surface area contributed by atoms with Crippen molar-refractivity contribution >= 4 is 15.2 Å². The molecule has 104 valence electrons. The zero-order chi connectivity index (χ0) is 13.5. The van der Waals surface area contributed by atoms with Crippen LogP contribution in [-0.2, 0) is 18.2 Å². The van der Waals surface area contributed by atoms with Gasteiger partial charge in [-0.15, -0.1) is 0 Å². The van der Waals surface area contributed by atoms with Crippen molar-refractivity contribution in [2.45, 2.75) is 32.1 Å². The molecule has 0 saturated heterocycles. The summed E-state index contributed by atoms with van der Waals surface area (Å²) in [4.78, 5) is 18.1. The third kappa shape index (κ3) is 5.62. The first-order valence-electron chi connectivity index (χ1n) is 5.36. The molecule has 0 rings (SSSR count). The molecule has 3 N–H and O–H groups in total. The van der Waals surface area contributed by atoms with Crippen LogP contribution in [0.4, 0.5) is 0 Å². The highest BCUT2D eigenvalue weighted by Crippen LogP contribution is 2.65. The number of hydrogen-bond donors (Lipinski definition) is 3. The molecule has 1 unspecified atom stereocenters. The molecule has 0 aromatic rings. The Hall–Kier alpha value is 0.260. The van der Waals surface area contributed by atoms with Crippen molar-refractivity contribution in [3.63, 3.8) is 0 Å². The van der Waals surface area contributed by atoms with Gasteiger partial charge in [0.25, 0.3) is 0 Å². The number of aliphatic hydroxyl groups excluding tert-OH is 1. The SMILES string of the molecule is CCCOP(=O)(OCCC)C(CO)P(=O)(O)O. The second-order valence-electron chi connectivity index (χ2n) is 3.46. The van der Waals surface area contributed by atoms with Crippen molar-refractivity contribution in [2.75, 3.05) is 19.8 Å². The van der Waals surface area contributed by atoms with Gasteiger partial charge in [0.2, 0.25) is 0 Å². The molecule has 9 heteroatoms. The minimum atomic E-state index is -4.74. The maximum absolute atomic E-state index is 12.2.